The Morgan fingerprint density at radius 3 is 3.05 bits per heavy atom. The lowest BCUT2D eigenvalue weighted by Gasteiger charge is -2.37. The largest absolute Gasteiger partial charge is 0.357 e. The third-order valence-electron chi connectivity index (χ3n) is 5.11. The molecule has 4 rings (SSSR count). The van der Waals surface area contributed by atoms with Gasteiger partial charge in [-0.2, -0.15) is 0 Å². The molecule has 2 aliphatic rings. The van der Waals surface area contributed by atoms with Crippen molar-refractivity contribution in [2.24, 2.45) is 0 Å². The Kier molecular flexibility index (Phi) is 3.51. The Bertz CT molecular complexity index is 752. The molecule has 2 aromatic rings. The van der Waals surface area contributed by atoms with Gasteiger partial charge in [-0.1, -0.05) is 11.6 Å². The van der Waals surface area contributed by atoms with Crippen LogP contribution in [-0.4, -0.2) is 47.0 Å². The predicted molar refractivity (Wildman–Crippen MR) is 89.2 cm³/mol. The van der Waals surface area contributed by atoms with Gasteiger partial charge >= 0.3 is 0 Å². The fourth-order valence-corrected chi connectivity index (χ4v) is 3.94. The molecule has 0 amide bonds. The predicted octanol–water partition coefficient (Wildman–Crippen LogP) is 2.12. The summed E-state index contributed by atoms with van der Waals surface area (Å²) in [6, 6.07) is 8.55. The highest BCUT2D eigenvalue weighted by atomic mass is 16.1. The first-order chi connectivity index (χ1) is 10.7. The van der Waals surface area contributed by atoms with Crippen LogP contribution in [0.15, 0.2) is 29.1 Å². The molecule has 4 heteroatoms. The first kappa shape index (κ1) is 14.0. The number of hydrogen-bond donors (Lipinski definition) is 1. The number of nitrogens with one attached hydrogen (secondary N) is 1. The Labute approximate surface area is 130 Å². The van der Waals surface area contributed by atoms with Crippen molar-refractivity contribution in [3.63, 3.8) is 0 Å². The maximum atomic E-state index is 12.3. The van der Waals surface area contributed by atoms with Gasteiger partial charge in [0.15, 0.2) is 5.43 Å². The zero-order chi connectivity index (χ0) is 15.1. The molecule has 0 bridgehead atoms. The van der Waals surface area contributed by atoms with E-state index in [1.165, 1.54) is 25.9 Å². The summed E-state index contributed by atoms with van der Waals surface area (Å²) in [5.74, 6) is 0. The van der Waals surface area contributed by atoms with Crippen LogP contribution in [0.2, 0.25) is 0 Å². The van der Waals surface area contributed by atoms with Crippen molar-refractivity contribution in [1.82, 2.24) is 14.8 Å². The van der Waals surface area contributed by atoms with Gasteiger partial charge in [-0.05, 0) is 38.4 Å². The molecule has 0 saturated carbocycles. The van der Waals surface area contributed by atoms with Gasteiger partial charge in [0.1, 0.15) is 0 Å². The lowest BCUT2D eigenvalue weighted by molar-refractivity contribution is 0.0985. The van der Waals surface area contributed by atoms with Crippen molar-refractivity contribution in [2.45, 2.75) is 32.4 Å². The van der Waals surface area contributed by atoms with Crippen molar-refractivity contribution in [3.8, 4) is 0 Å². The molecule has 22 heavy (non-hydrogen) atoms. The Balaban J connectivity index is 1.57. The van der Waals surface area contributed by atoms with E-state index < -0.39 is 0 Å². The maximum absolute atomic E-state index is 12.3. The summed E-state index contributed by atoms with van der Waals surface area (Å²) < 4.78 is 0. The second-order valence-electron chi connectivity index (χ2n) is 6.78. The number of nitrogens with zero attached hydrogens (tertiary/aromatic N) is 2. The fraction of sp³-hybridized carbons (Fsp3) is 0.500. The van der Waals surface area contributed by atoms with E-state index in [0.29, 0.717) is 0 Å². The molecule has 3 heterocycles. The molecule has 116 valence electrons. The highest BCUT2D eigenvalue weighted by molar-refractivity contribution is 5.79. The second kappa shape index (κ2) is 5.52. The maximum Gasteiger partial charge on any atom is 0.189 e. The van der Waals surface area contributed by atoms with Crippen LogP contribution in [0.4, 0.5) is 0 Å². The van der Waals surface area contributed by atoms with Crippen LogP contribution in [0.25, 0.3) is 10.9 Å². The summed E-state index contributed by atoms with van der Waals surface area (Å²) in [6.45, 7) is 7.54. The number of fused-ring (bicyclic) bond motifs is 2. The average Bonchev–Trinajstić information content (AvgIpc) is 2.96. The highest BCUT2D eigenvalue weighted by Gasteiger charge is 2.30. The number of H-pyrrole nitrogens is 1. The van der Waals surface area contributed by atoms with E-state index in [9.17, 15) is 4.79 Å². The molecule has 0 spiro atoms. The van der Waals surface area contributed by atoms with Gasteiger partial charge in [-0.3, -0.25) is 14.6 Å². The number of benzene rings is 1. The van der Waals surface area contributed by atoms with Gasteiger partial charge < -0.3 is 4.98 Å². The van der Waals surface area contributed by atoms with E-state index in [0.717, 1.165) is 47.8 Å². The molecular weight excluding hydrogens is 274 g/mol. The molecule has 1 aromatic heterocycles. The molecule has 2 fully saturated rings. The molecule has 2 saturated heterocycles. The summed E-state index contributed by atoms with van der Waals surface area (Å²) in [5, 5.41) is 0.796. The molecular formula is C18H23N3O. The summed E-state index contributed by atoms with van der Waals surface area (Å²) >= 11 is 0. The first-order valence-corrected chi connectivity index (χ1v) is 8.28. The zero-order valence-electron chi connectivity index (χ0n) is 13.1. The van der Waals surface area contributed by atoms with E-state index in [1.54, 1.807) is 6.07 Å². The molecule has 1 atom stereocenters. The third-order valence-corrected chi connectivity index (χ3v) is 5.11. The molecule has 2 aliphatic heterocycles. The van der Waals surface area contributed by atoms with Crippen molar-refractivity contribution < 1.29 is 0 Å². The lowest BCUT2D eigenvalue weighted by Crippen LogP contribution is -2.49. The van der Waals surface area contributed by atoms with E-state index in [-0.39, 0.29) is 5.43 Å². The normalized spacial score (nSPS) is 23.0. The number of rotatable bonds is 2. The summed E-state index contributed by atoms with van der Waals surface area (Å²) in [6.07, 6.45) is 2.66. The summed E-state index contributed by atoms with van der Waals surface area (Å²) in [7, 11) is 0. The van der Waals surface area contributed by atoms with Gasteiger partial charge in [-0.25, -0.2) is 0 Å². The fourth-order valence-electron chi connectivity index (χ4n) is 3.94. The van der Waals surface area contributed by atoms with Crippen molar-refractivity contribution >= 4 is 10.9 Å². The molecule has 1 N–H and O–H groups in total. The molecule has 1 aromatic carbocycles. The average molecular weight is 297 g/mol. The summed E-state index contributed by atoms with van der Waals surface area (Å²) in [5.41, 5.74) is 3.25. The van der Waals surface area contributed by atoms with Crippen molar-refractivity contribution in [3.05, 3.63) is 45.7 Å². The molecule has 1 unspecified atom stereocenters. The van der Waals surface area contributed by atoms with Crippen LogP contribution >= 0.6 is 0 Å². The SMILES string of the molecule is Cc1ccc2[nH]c(CN3CCN4CCCC4C3)cc(=O)c2c1. The van der Waals surface area contributed by atoms with Crippen LogP contribution in [0.1, 0.15) is 24.1 Å². The van der Waals surface area contributed by atoms with Crippen LogP contribution in [0.3, 0.4) is 0 Å². The van der Waals surface area contributed by atoms with E-state index in [1.807, 2.05) is 19.1 Å². The quantitative estimate of drug-likeness (QED) is 0.923. The van der Waals surface area contributed by atoms with E-state index >= 15 is 0 Å². The van der Waals surface area contributed by atoms with Crippen LogP contribution < -0.4 is 5.43 Å². The minimum Gasteiger partial charge on any atom is -0.357 e. The number of piperazine rings is 1. The Morgan fingerprint density at radius 1 is 1.23 bits per heavy atom. The second-order valence-corrected chi connectivity index (χ2v) is 6.78. The number of aromatic amines is 1. The monoisotopic (exact) mass is 297 g/mol. The highest BCUT2D eigenvalue weighted by Crippen LogP contribution is 2.22. The van der Waals surface area contributed by atoms with E-state index in [4.69, 9.17) is 0 Å². The molecule has 0 radical (unpaired) electrons. The third kappa shape index (κ3) is 2.57. The number of aryl methyl sites for hydroxylation is 1. The van der Waals surface area contributed by atoms with Gasteiger partial charge in [0.05, 0.1) is 0 Å². The number of hydrogen-bond acceptors (Lipinski definition) is 3. The van der Waals surface area contributed by atoms with Crippen molar-refractivity contribution in [1.29, 1.82) is 0 Å². The van der Waals surface area contributed by atoms with E-state index in [2.05, 4.69) is 20.9 Å². The van der Waals surface area contributed by atoms with Gasteiger partial charge in [0, 0.05) is 54.9 Å². The molecule has 4 nitrogen and oxygen atoms in total. The number of aromatic nitrogens is 1. The smallest absolute Gasteiger partial charge is 0.189 e. The Hall–Kier alpha value is -1.65. The topological polar surface area (TPSA) is 39.3 Å². The zero-order valence-corrected chi connectivity index (χ0v) is 13.1. The minimum atomic E-state index is 0.131. The Morgan fingerprint density at radius 2 is 2.14 bits per heavy atom. The van der Waals surface area contributed by atoms with Crippen molar-refractivity contribution in [2.75, 3.05) is 26.2 Å². The first-order valence-electron chi connectivity index (χ1n) is 8.28. The van der Waals surface area contributed by atoms with Crippen LogP contribution in [0.5, 0.6) is 0 Å². The summed E-state index contributed by atoms with van der Waals surface area (Å²) in [4.78, 5) is 20.9. The standard InChI is InChI=1S/C18H23N3O/c1-13-4-5-17-16(9-13)18(22)10-14(19-17)11-20-7-8-21-6-2-3-15(21)12-20/h4-5,9-10,15H,2-3,6-8,11-12H2,1H3,(H,19,22). The van der Waals surface area contributed by atoms with Crippen LogP contribution in [-0.2, 0) is 6.54 Å². The van der Waals surface area contributed by atoms with Gasteiger partial charge in [0.25, 0.3) is 0 Å². The molecule has 0 aliphatic carbocycles. The number of pyridine rings is 1. The minimum absolute atomic E-state index is 0.131. The van der Waals surface area contributed by atoms with Gasteiger partial charge in [-0.15, -0.1) is 0 Å². The lowest BCUT2D eigenvalue weighted by atomic mass is 10.1. The van der Waals surface area contributed by atoms with Gasteiger partial charge in [0.2, 0.25) is 0 Å². The van der Waals surface area contributed by atoms with Crippen LogP contribution in [0, 0.1) is 6.92 Å².